The standard InChI is InChI=1S/C13H16N2O2/c1-10-6-12(3-2-11(10)7-14)15-8-13(16)4-5-17-9-13/h2-3,6,15-16H,4-5,8-9H2,1H3. The van der Waals surface area contributed by atoms with Gasteiger partial charge in [-0.15, -0.1) is 0 Å². The van der Waals surface area contributed by atoms with Gasteiger partial charge in [-0.25, -0.2) is 0 Å². The Kier molecular flexibility index (Phi) is 3.32. The van der Waals surface area contributed by atoms with Crippen LogP contribution in [0.3, 0.4) is 0 Å². The van der Waals surface area contributed by atoms with Crippen LogP contribution in [0.4, 0.5) is 5.69 Å². The minimum atomic E-state index is -0.762. The molecule has 4 heteroatoms. The quantitative estimate of drug-likeness (QED) is 0.827. The van der Waals surface area contributed by atoms with E-state index in [9.17, 15) is 5.11 Å². The largest absolute Gasteiger partial charge is 0.386 e. The molecule has 1 aromatic carbocycles. The van der Waals surface area contributed by atoms with Crippen LogP contribution in [0.2, 0.25) is 0 Å². The maximum absolute atomic E-state index is 10.1. The number of aryl methyl sites for hydroxylation is 1. The van der Waals surface area contributed by atoms with Crippen molar-refractivity contribution in [1.82, 2.24) is 0 Å². The average Bonchev–Trinajstić information content (AvgIpc) is 2.74. The third kappa shape index (κ3) is 2.76. The molecule has 0 saturated carbocycles. The second-order valence-electron chi connectivity index (χ2n) is 4.52. The third-order valence-corrected chi connectivity index (χ3v) is 3.05. The van der Waals surface area contributed by atoms with Gasteiger partial charge in [0.15, 0.2) is 0 Å². The molecule has 1 aliphatic rings. The fraction of sp³-hybridized carbons (Fsp3) is 0.462. The monoisotopic (exact) mass is 232 g/mol. The van der Waals surface area contributed by atoms with Crippen molar-refractivity contribution in [3.8, 4) is 6.07 Å². The van der Waals surface area contributed by atoms with E-state index in [2.05, 4.69) is 11.4 Å². The number of aliphatic hydroxyl groups is 1. The number of nitriles is 1. The number of benzene rings is 1. The summed E-state index contributed by atoms with van der Waals surface area (Å²) in [5, 5.41) is 22.1. The number of rotatable bonds is 3. The van der Waals surface area contributed by atoms with Crippen LogP contribution < -0.4 is 5.32 Å². The molecule has 1 fully saturated rings. The molecule has 1 aromatic rings. The number of nitrogens with zero attached hydrogens (tertiary/aromatic N) is 1. The van der Waals surface area contributed by atoms with Crippen molar-refractivity contribution < 1.29 is 9.84 Å². The van der Waals surface area contributed by atoms with E-state index in [-0.39, 0.29) is 0 Å². The molecule has 0 radical (unpaired) electrons. The van der Waals surface area contributed by atoms with Gasteiger partial charge in [0.25, 0.3) is 0 Å². The molecule has 4 nitrogen and oxygen atoms in total. The molecule has 0 aromatic heterocycles. The van der Waals surface area contributed by atoms with E-state index in [1.807, 2.05) is 19.1 Å². The highest BCUT2D eigenvalue weighted by Crippen LogP contribution is 2.20. The second kappa shape index (κ2) is 4.74. The second-order valence-corrected chi connectivity index (χ2v) is 4.52. The first-order valence-corrected chi connectivity index (χ1v) is 5.68. The van der Waals surface area contributed by atoms with E-state index >= 15 is 0 Å². The average molecular weight is 232 g/mol. The number of ether oxygens (including phenoxy) is 1. The molecule has 0 bridgehead atoms. The lowest BCUT2D eigenvalue weighted by atomic mass is 10.0. The summed E-state index contributed by atoms with van der Waals surface area (Å²) in [4.78, 5) is 0. The Morgan fingerprint density at radius 1 is 1.59 bits per heavy atom. The van der Waals surface area contributed by atoms with E-state index in [1.165, 1.54) is 0 Å². The highest BCUT2D eigenvalue weighted by Gasteiger charge is 2.31. The summed E-state index contributed by atoms with van der Waals surface area (Å²) in [5.74, 6) is 0. The number of hydrogen-bond acceptors (Lipinski definition) is 4. The van der Waals surface area contributed by atoms with Crippen molar-refractivity contribution >= 4 is 5.69 Å². The Balaban J connectivity index is 2.00. The number of hydrogen-bond donors (Lipinski definition) is 2. The Bertz CT molecular complexity index is 445. The van der Waals surface area contributed by atoms with Gasteiger partial charge in [0.2, 0.25) is 0 Å². The van der Waals surface area contributed by atoms with Crippen molar-refractivity contribution in [2.75, 3.05) is 25.1 Å². The van der Waals surface area contributed by atoms with Gasteiger partial charge in [0.1, 0.15) is 5.60 Å². The van der Waals surface area contributed by atoms with Gasteiger partial charge >= 0.3 is 0 Å². The van der Waals surface area contributed by atoms with Crippen LogP contribution in [0.1, 0.15) is 17.5 Å². The summed E-state index contributed by atoms with van der Waals surface area (Å²) < 4.78 is 5.18. The van der Waals surface area contributed by atoms with Crippen LogP contribution in [0.15, 0.2) is 18.2 Å². The summed E-state index contributed by atoms with van der Waals surface area (Å²) in [7, 11) is 0. The number of anilines is 1. The maximum atomic E-state index is 10.1. The normalized spacial score (nSPS) is 23.4. The van der Waals surface area contributed by atoms with Crippen molar-refractivity contribution in [1.29, 1.82) is 5.26 Å². The minimum absolute atomic E-state index is 0.384. The van der Waals surface area contributed by atoms with Crippen LogP contribution in [0.25, 0.3) is 0 Å². The first-order valence-electron chi connectivity index (χ1n) is 5.68. The van der Waals surface area contributed by atoms with Crippen LogP contribution in [-0.2, 0) is 4.74 Å². The van der Waals surface area contributed by atoms with E-state index in [4.69, 9.17) is 10.00 Å². The highest BCUT2D eigenvalue weighted by atomic mass is 16.5. The molecule has 1 heterocycles. The Morgan fingerprint density at radius 3 is 3.00 bits per heavy atom. The van der Waals surface area contributed by atoms with Crippen LogP contribution >= 0.6 is 0 Å². The molecule has 0 spiro atoms. The Labute approximate surface area is 101 Å². The summed E-state index contributed by atoms with van der Waals surface area (Å²) in [6, 6.07) is 7.68. The molecule has 90 valence electrons. The SMILES string of the molecule is Cc1cc(NCC2(O)CCOC2)ccc1C#N. The Hall–Kier alpha value is -1.57. The fourth-order valence-corrected chi connectivity index (χ4v) is 1.90. The van der Waals surface area contributed by atoms with E-state index < -0.39 is 5.60 Å². The summed E-state index contributed by atoms with van der Waals surface area (Å²) in [5.41, 5.74) is 1.77. The predicted octanol–water partition coefficient (Wildman–Crippen LogP) is 1.43. The molecule has 2 N–H and O–H groups in total. The first kappa shape index (κ1) is 11.9. The van der Waals surface area contributed by atoms with E-state index in [0.29, 0.717) is 31.7 Å². The molecule has 0 amide bonds. The molecule has 17 heavy (non-hydrogen) atoms. The fourth-order valence-electron chi connectivity index (χ4n) is 1.90. The van der Waals surface area contributed by atoms with Gasteiger partial charge in [0.05, 0.1) is 18.2 Å². The highest BCUT2D eigenvalue weighted by molar-refractivity contribution is 5.51. The number of nitrogens with one attached hydrogen (secondary N) is 1. The van der Waals surface area contributed by atoms with Crippen molar-refractivity contribution in [3.05, 3.63) is 29.3 Å². The maximum Gasteiger partial charge on any atom is 0.107 e. The lowest BCUT2D eigenvalue weighted by molar-refractivity contribution is 0.0382. The van der Waals surface area contributed by atoms with Crippen molar-refractivity contribution in [3.63, 3.8) is 0 Å². The molecule has 0 aliphatic carbocycles. The van der Waals surface area contributed by atoms with Crippen molar-refractivity contribution in [2.24, 2.45) is 0 Å². The van der Waals surface area contributed by atoms with Crippen LogP contribution in [0.5, 0.6) is 0 Å². The zero-order valence-electron chi connectivity index (χ0n) is 9.86. The zero-order chi connectivity index (χ0) is 12.3. The Morgan fingerprint density at radius 2 is 2.41 bits per heavy atom. The molecule has 1 saturated heterocycles. The lowest BCUT2D eigenvalue weighted by Crippen LogP contribution is -2.37. The minimum Gasteiger partial charge on any atom is -0.386 e. The molecular weight excluding hydrogens is 216 g/mol. The van der Waals surface area contributed by atoms with E-state index in [0.717, 1.165) is 11.3 Å². The summed E-state index contributed by atoms with van der Waals surface area (Å²) in [6.45, 7) is 3.37. The molecule has 2 rings (SSSR count). The van der Waals surface area contributed by atoms with Crippen LogP contribution in [0, 0.1) is 18.3 Å². The van der Waals surface area contributed by atoms with Gasteiger partial charge in [-0.2, -0.15) is 5.26 Å². The topological polar surface area (TPSA) is 65.3 Å². The van der Waals surface area contributed by atoms with Gasteiger partial charge < -0.3 is 15.2 Å². The third-order valence-electron chi connectivity index (χ3n) is 3.05. The molecule has 1 unspecified atom stereocenters. The van der Waals surface area contributed by atoms with E-state index in [1.54, 1.807) is 6.07 Å². The summed E-state index contributed by atoms with van der Waals surface area (Å²) in [6.07, 6.45) is 0.662. The first-order chi connectivity index (χ1) is 8.13. The molecular formula is C13H16N2O2. The lowest BCUT2D eigenvalue weighted by Gasteiger charge is -2.21. The van der Waals surface area contributed by atoms with Crippen molar-refractivity contribution in [2.45, 2.75) is 18.9 Å². The zero-order valence-corrected chi connectivity index (χ0v) is 9.86. The van der Waals surface area contributed by atoms with Crippen LogP contribution in [-0.4, -0.2) is 30.5 Å². The predicted molar refractivity (Wildman–Crippen MR) is 64.8 cm³/mol. The van der Waals surface area contributed by atoms with Gasteiger partial charge in [0, 0.05) is 25.3 Å². The molecule has 1 aliphatic heterocycles. The molecule has 1 atom stereocenters. The van der Waals surface area contributed by atoms with Gasteiger partial charge in [-0.05, 0) is 30.7 Å². The summed E-state index contributed by atoms with van der Waals surface area (Å²) >= 11 is 0. The van der Waals surface area contributed by atoms with Gasteiger partial charge in [-0.1, -0.05) is 0 Å². The smallest absolute Gasteiger partial charge is 0.107 e. The van der Waals surface area contributed by atoms with Gasteiger partial charge in [-0.3, -0.25) is 0 Å².